The fourth-order valence-electron chi connectivity index (χ4n) is 3.00. The number of hydrogen-bond donors (Lipinski definition) is 2. The Hall–Kier alpha value is -1.66. The van der Waals surface area contributed by atoms with Crippen molar-refractivity contribution in [1.82, 2.24) is 0 Å². The average Bonchev–Trinajstić information content (AvgIpc) is 2.47. The average molecular weight is 303 g/mol. The number of nitriles is 1. The predicted molar refractivity (Wildman–Crippen MR) is 83.0 cm³/mol. The summed E-state index contributed by atoms with van der Waals surface area (Å²) in [7, 11) is -4.34. The minimum Gasteiger partial charge on any atom is -0.324 e. The monoisotopic (exact) mass is 303 g/mol. The van der Waals surface area contributed by atoms with Gasteiger partial charge in [0.1, 0.15) is 0 Å². The number of nitrogens with zero attached hydrogens (tertiary/aromatic N) is 1. The van der Waals surface area contributed by atoms with Crippen LogP contribution in [0.2, 0.25) is 0 Å². The van der Waals surface area contributed by atoms with Gasteiger partial charge in [-0.1, -0.05) is 44.2 Å². The number of benzene rings is 2. The number of fused-ring (bicyclic) bond motifs is 1. The number of rotatable bonds is 4. The molecular formula is C16H18NO3P. The van der Waals surface area contributed by atoms with Crippen LogP contribution in [0, 0.1) is 11.3 Å². The first-order valence-electron chi connectivity index (χ1n) is 6.89. The minimum absolute atomic E-state index is 0.337. The summed E-state index contributed by atoms with van der Waals surface area (Å²) < 4.78 is 12.1. The van der Waals surface area contributed by atoms with E-state index in [1.165, 1.54) is 0 Å². The summed E-state index contributed by atoms with van der Waals surface area (Å²) in [6.07, 6.45) is 0.674. The summed E-state index contributed by atoms with van der Waals surface area (Å²) in [5.74, 6) is 0. The van der Waals surface area contributed by atoms with Crippen LogP contribution in [0.3, 0.4) is 0 Å². The zero-order valence-electron chi connectivity index (χ0n) is 12.1. The van der Waals surface area contributed by atoms with Crippen LogP contribution in [0.5, 0.6) is 0 Å². The van der Waals surface area contributed by atoms with Gasteiger partial charge in [0.05, 0.1) is 16.8 Å². The fourth-order valence-corrected chi connectivity index (χ4v) is 4.33. The first-order valence-corrected chi connectivity index (χ1v) is 8.50. The van der Waals surface area contributed by atoms with Crippen molar-refractivity contribution in [1.29, 1.82) is 5.26 Å². The van der Waals surface area contributed by atoms with Crippen LogP contribution in [0.4, 0.5) is 0 Å². The molecule has 2 N–H and O–H groups in total. The third-order valence-electron chi connectivity index (χ3n) is 4.27. The molecule has 0 heterocycles. The van der Waals surface area contributed by atoms with Crippen molar-refractivity contribution < 1.29 is 14.4 Å². The van der Waals surface area contributed by atoms with E-state index in [0.717, 1.165) is 10.8 Å². The molecule has 2 aromatic carbocycles. The molecule has 0 aliphatic rings. The van der Waals surface area contributed by atoms with E-state index < -0.39 is 12.8 Å². The maximum atomic E-state index is 12.1. The molecule has 21 heavy (non-hydrogen) atoms. The SMILES string of the molecule is CCC(CC)(c1ccc(C#N)c2ccccc12)P(=O)(O)O. The summed E-state index contributed by atoms with van der Waals surface area (Å²) in [4.78, 5) is 19.8. The maximum absolute atomic E-state index is 12.1. The van der Waals surface area contributed by atoms with Crippen molar-refractivity contribution in [3.63, 3.8) is 0 Å². The van der Waals surface area contributed by atoms with Crippen LogP contribution in [-0.2, 0) is 9.72 Å². The van der Waals surface area contributed by atoms with Gasteiger partial charge in [0.25, 0.3) is 0 Å². The van der Waals surface area contributed by atoms with Gasteiger partial charge in [-0.15, -0.1) is 0 Å². The summed E-state index contributed by atoms with van der Waals surface area (Å²) in [6, 6.07) is 12.7. The highest BCUT2D eigenvalue weighted by molar-refractivity contribution is 7.53. The lowest BCUT2D eigenvalue weighted by atomic mass is 9.87. The van der Waals surface area contributed by atoms with Crippen LogP contribution >= 0.6 is 7.60 Å². The zero-order valence-corrected chi connectivity index (χ0v) is 13.0. The standard InChI is InChI=1S/C16H18NO3P/c1-3-16(4-2,21(18,19)20)15-10-9-12(11-17)13-7-5-6-8-14(13)15/h5-10H,3-4H2,1-2H3,(H2,18,19,20). The van der Waals surface area contributed by atoms with E-state index in [-0.39, 0.29) is 0 Å². The highest BCUT2D eigenvalue weighted by atomic mass is 31.2. The Morgan fingerprint density at radius 1 is 1.10 bits per heavy atom. The van der Waals surface area contributed by atoms with Crippen molar-refractivity contribution in [2.45, 2.75) is 31.8 Å². The molecule has 0 aliphatic heterocycles. The second-order valence-corrected chi connectivity index (χ2v) is 7.04. The lowest BCUT2D eigenvalue weighted by molar-refractivity contribution is 0.316. The van der Waals surface area contributed by atoms with Crippen LogP contribution < -0.4 is 0 Å². The molecule has 2 rings (SSSR count). The van der Waals surface area contributed by atoms with Crippen molar-refractivity contribution in [3.05, 3.63) is 47.5 Å². The van der Waals surface area contributed by atoms with Gasteiger partial charge >= 0.3 is 7.60 Å². The number of hydrogen-bond acceptors (Lipinski definition) is 2. The lowest BCUT2D eigenvalue weighted by Crippen LogP contribution is -2.25. The topological polar surface area (TPSA) is 81.3 Å². The van der Waals surface area contributed by atoms with Crippen molar-refractivity contribution in [3.8, 4) is 6.07 Å². The normalized spacial score (nSPS) is 12.3. The van der Waals surface area contributed by atoms with Gasteiger partial charge in [-0.3, -0.25) is 4.57 Å². The van der Waals surface area contributed by atoms with Crippen LogP contribution in [0.25, 0.3) is 10.8 Å². The smallest absolute Gasteiger partial charge is 0.324 e. The van der Waals surface area contributed by atoms with Crippen LogP contribution in [0.1, 0.15) is 37.8 Å². The van der Waals surface area contributed by atoms with Gasteiger partial charge in [0.15, 0.2) is 0 Å². The summed E-state index contributed by atoms with van der Waals surface area (Å²) >= 11 is 0. The molecule has 4 nitrogen and oxygen atoms in total. The molecule has 0 spiro atoms. The molecule has 0 amide bonds. The maximum Gasteiger partial charge on any atom is 0.335 e. The zero-order chi connectivity index (χ0) is 15.7. The highest BCUT2D eigenvalue weighted by Crippen LogP contribution is 2.61. The predicted octanol–water partition coefficient (Wildman–Crippen LogP) is 3.90. The molecule has 5 heteroatoms. The molecule has 0 saturated carbocycles. The molecule has 0 fully saturated rings. The summed E-state index contributed by atoms with van der Waals surface area (Å²) in [6.45, 7) is 3.57. The Morgan fingerprint density at radius 3 is 2.14 bits per heavy atom. The van der Waals surface area contributed by atoms with Gasteiger partial charge in [0, 0.05) is 0 Å². The van der Waals surface area contributed by atoms with E-state index >= 15 is 0 Å². The summed E-state index contributed by atoms with van der Waals surface area (Å²) in [5.41, 5.74) is 1.14. The molecule has 0 saturated heterocycles. The Kier molecular flexibility index (Phi) is 4.20. The van der Waals surface area contributed by atoms with Crippen LogP contribution in [0.15, 0.2) is 36.4 Å². The molecule has 0 bridgehead atoms. The van der Waals surface area contributed by atoms with Gasteiger partial charge in [-0.25, -0.2) is 0 Å². The van der Waals surface area contributed by atoms with E-state index in [1.54, 1.807) is 26.0 Å². The van der Waals surface area contributed by atoms with Gasteiger partial charge in [-0.2, -0.15) is 5.26 Å². The van der Waals surface area contributed by atoms with E-state index in [4.69, 9.17) is 0 Å². The third kappa shape index (κ3) is 2.38. The van der Waals surface area contributed by atoms with Crippen molar-refractivity contribution in [2.24, 2.45) is 0 Å². The molecule has 0 aromatic heterocycles. The Bertz CT molecular complexity index is 754. The Morgan fingerprint density at radius 2 is 1.67 bits per heavy atom. The van der Waals surface area contributed by atoms with Gasteiger partial charge < -0.3 is 9.79 Å². The van der Waals surface area contributed by atoms with E-state index in [0.29, 0.717) is 24.0 Å². The summed E-state index contributed by atoms with van der Waals surface area (Å²) in [5, 5.41) is 9.47. The quantitative estimate of drug-likeness (QED) is 0.839. The fraction of sp³-hybridized carbons (Fsp3) is 0.312. The first-order chi connectivity index (χ1) is 9.91. The molecule has 2 aromatic rings. The Labute approximate surface area is 124 Å². The first kappa shape index (κ1) is 15.7. The van der Waals surface area contributed by atoms with E-state index in [9.17, 15) is 19.6 Å². The highest BCUT2D eigenvalue weighted by Gasteiger charge is 2.46. The molecule has 0 atom stereocenters. The van der Waals surface area contributed by atoms with E-state index in [1.807, 2.05) is 24.3 Å². The molecule has 0 radical (unpaired) electrons. The molecular weight excluding hydrogens is 285 g/mol. The van der Waals surface area contributed by atoms with Gasteiger partial charge in [-0.05, 0) is 35.2 Å². The van der Waals surface area contributed by atoms with Crippen molar-refractivity contribution in [2.75, 3.05) is 0 Å². The molecule has 0 unspecified atom stereocenters. The molecule has 0 aliphatic carbocycles. The second kappa shape index (κ2) is 5.61. The lowest BCUT2D eigenvalue weighted by Gasteiger charge is -2.34. The Balaban J connectivity index is 2.90. The van der Waals surface area contributed by atoms with E-state index in [2.05, 4.69) is 6.07 Å². The second-order valence-electron chi connectivity index (χ2n) is 5.10. The minimum atomic E-state index is -4.34. The van der Waals surface area contributed by atoms with Crippen molar-refractivity contribution >= 4 is 18.4 Å². The van der Waals surface area contributed by atoms with Crippen LogP contribution in [-0.4, -0.2) is 9.79 Å². The largest absolute Gasteiger partial charge is 0.335 e. The van der Waals surface area contributed by atoms with Gasteiger partial charge in [0.2, 0.25) is 0 Å². The third-order valence-corrected chi connectivity index (χ3v) is 6.26. The molecule has 110 valence electrons.